The van der Waals surface area contributed by atoms with Crippen molar-refractivity contribution in [1.82, 2.24) is 9.80 Å². The molecule has 2 unspecified atom stereocenters. The molecule has 0 radical (unpaired) electrons. The number of hydrogen-bond acceptors (Lipinski definition) is 4. The quantitative estimate of drug-likeness (QED) is 0.737. The zero-order chi connectivity index (χ0) is 21.0. The van der Waals surface area contributed by atoms with E-state index in [0.29, 0.717) is 13.1 Å². The molecule has 7 heteroatoms. The van der Waals surface area contributed by atoms with Gasteiger partial charge in [0.05, 0.1) is 19.3 Å². The summed E-state index contributed by atoms with van der Waals surface area (Å²) in [5.74, 6) is 0.0877. The Kier molecular flexibility index (Phi) is 7.14. The Morgan fingerprint density at radius 3 is 2.83 bits per heavy atom. The van der Waals surface area contributed by atoms with Crippen molar-refractivity contribution < 1.29 is 24.5 Å². The number of ether oxygens (including phenoxy) is 1. The van der Waals surface area contributed by atoms with Gasteiger partial charge in [0.2, 0.25) is 0 Å². The second-order valence-electron chi connectivity index (χ2n) is 8.50. The van der Waals surface area contributed by atoms with Crippen LogP contribution in [0.4, 0.5) is 4.79 Å². The Labute approximate surface area is 172 Å². The number of fused-ring (bicyclic) bond motifs is 1. The summed E-state index contributed by atoms with van der Waals surface area (Å²) in [4.78, 5) is 27.4. The number of nitrogens with zero attached hydrogens (tertiary/aromatic N) is 2. The number of benzene rings is 1. The molecule has 3 rings (SSSR count). The number of aliphatic hydroxyl groups is 1. The number of rotatable bonds is 5. The highest BCUT2D eigenvalue weighted by molar-refractivity contribution is 5.82. The van der Waals surface area contributed by atoms with Gasteiger partial charge in [-0.1, -0.05) is 38.5 Å². The van der Waals surface area contributed by atoms with Crippen LogP contribution in [0.25, 0.3) is 0 Å². The van der Waals surface area contributed by atoms with E-state index in [9.17, 15) is 19.8 Å². The summed E-state index contributed by atoms with van der Waals surface area (Å²) in [6, 6.07) is 6.13. The number of amides is 2. The van der Waals surface area contributed by atoms with Crippen molar-refractivity contribution >= 4 is 12.0 Å². The van der Waals surface area contributed by atoms with Gasteiger partial charge in [0.1, 0.15) is 0 Å². The lowest BCUT2D eigenvalue weighted by molar-refractivity contribution is -0.149. The first kappa shape index (κ1) is 21.6. The molecule has 1 aliphatic carbocycles. The van der Waals surface area contributed by atoms with Crippen LogP contribution in [-0.2, 0) is 22.5 Å². The molecule has 1 saturated heterocycles. The van der Waals surface area contributed by atoms with E-state index >= 15 is 0 Å². The van der Waals surface area contributed by atoms with Gasteiger partial charge in [-0.05, 0) is 41.9 Å². The Morgan fingerprint density at radius 1 is 1.31 bits per heavy atom. The van der Waals surface area contributed by atoms with Crippen molar-refractivity contribution in [2.24, 2.45) is 5.92 Å². The highest BCUT2D eigenvalue weighted by Crippen LogP contribution is 2.29. The zero-order valence-electron chi connectivity index (χ0n) is 17.3. The lowest BCUT2D eigenvalue weighted by Gasteiger charge is -2.34. The number of carbonyl (C=O) groups excluding carboxylic acids is 1. The van der Waals surface area contributed by atoms with Crippen LogP contribution < -0.4 is 0 Å². The van der Waals surface area contributed by atoms with Crippen molar-refractivity contribution in [2.75, 3.05) is 26.2 Å². The van der Waals surface area contributed by atoms with E-state index in [4.69, 9.17) is 4.74 Å². The second kappa shape index (κ2) is 9.59. The number of carboxylic acid groups (broad SMARTS) is 1. The fourth-order valence-electron chi connectivity index (χ4n) is 4.16. The summed E-state index contributed by atoms with van der Waals surface area (Å²) in [6.45, 7) is 5.65. The van der Waals surface area contributed by atoms with Crippen LogP contribution in [0.2, 0.25) is 0 Å². The monoisotopic (exact) mass is 404 g/mol. The van der Waals surface area contributed by atoms with E-state index in [1.165, 1.54) is 10.5 Å². The number of hydrogen-bond donors (Lipinski definition) is 2. The molecule has 7 nitrogen and oxygen atoms in total. The third kappa shape index (κ3) is 5.48. The topological polar surface area (TPSA) is 90.3 Å². The van der Waals surface area contributed by atoms with Crippen LogP contribution in [0.5, 0.6) is 0 Å². The molecule has 2 atom stereocenters. The van der Waals surface area contributed by atoms with E-state index in [2.05, 4.69) is 6.07 Å². The highest BCUT2D eigenvalue weighted by Gasteiger charge is 2.32. The molecule has 2 N–H and O–H groups in total. The summed E-state index contributed by atoms with van der Waals surface area (Å²) >= 11 is 0. The molecule has 160 valence electrons. The van der Waals surface area contributed by atoms with Gasteiger partial charge in [-0.2, -0.15) is 0 Å². The van der Waals surface area contributed by atoms with Gasteiger partial charge in [-0.15, -0.1) is 0 Å². The van der Waals surface area contributed by atoms with Crippen molar-refractivity contribution in [2.45, 2.75) is 58.3 Å². The highest BCUT2D eigenvalue weighted by atomic mass is 16.5. The first-order valence-corrected chi connectivity index (χ1v) is 10.5. The van der Waals surface area contributed by atoms with Crippen molar-refractivity contribution in [3.05, 3.63) is 34.9 Å². The lowest BCUT2D eigenvalue weighted by atomic mass is 9.98. The summed E-state index contributed by atoms with van der Waals surface area (Å²) in [5, 5.41) is 19.7. The number of aliphatic hydroxyl groups excluding tert-OH is 1. The predicted molar refractivity (Wildman–Crippen MR) is 109 cm³/mol. The molecule has 1 aliphatic heterocycles. The van der Waals surface area contributed by atoms with Gasteiger partial charge in [0.15, 0.2) is 6.10 Å². The fraction of sp³-hybridized carbons (Fsp3) is 0.636. The number of morpholine rings is 1. The van der Waals surface area contributed by atoms with Gasteiger partial charge in [0.25, 0.3) is 5.91 Å². The molecule has 0 spiro atoms. The Morgan fingerprint density at radius 2 is 2.10 bits per heavy atom. The van der Waals surface area contributed by atoms with Gasteiger partial charge in [0, 0.05) is 19.6 Å². The third-order valence-electron chi connectivity index (χ3n) is 5.63. The average Bonchev–Trinajstić information content (AvgIpc) is 2.88. The molecule has 0 bridgehead atoms. The summed E-state index contributed by atoms with van der Waals surface area (Å²) in [5.41, 5.74) is 3.14. The van der Waals surface area contributed by atoms with Crippen molar-refractivity contribution in [3.63, 3.8) is 0 Å². The first-order valence-electron chi connectivity index (χ1n) is 10.5. The average molecular weight is 405 g/mol. The van der Waals surface area contributed by atoms with E-state index in [1.807, 2.05) is 26.0 Å². The maximum atomic E-state index is 13.1. The molecule has 1 heterocycles. The minimum absolute atomic E-state index is 0.0612. The summed E-state index contributed by atoms with van der Waals surface area (Å²) in [6.07, 6.45) is 1.59. The molecule has 29 heavy (non-hydrogen) atoms. The lowest BCUT2D eigenvalue weighted by Crippen LogP contribution is -2.52. The minimum Gasteiger partial charge on any atom is -0.465 e. The number of carbonyl (C=O) groups is 2. The normalized spacial score (nSPS) is 22.1. The predicted octanol–water partition coefficient (Wildman–Crippen LogP) is 2.81. The molecule has 2 amide bonds. The van der Waals surface area contributed by atoms with Gasteiger partial charge in [-0.3, -0.25) is 4.79 Å². The van der Waals surface area contributed by atoms with Gasteiger partial charge in [-0.25, -0.2) is 4.79 Å². The smallest absolute Gasteiger partial charge is 0.407 e. The van der Waals surface area contributed by atoms with E-state index in [0.717, 1.165) is 36.8 Å². The molecule has 1 aromatic rings. The second-order valence-corrected chi connectivity index (χ2v) is 8.50. The van der Waals surface area contributed by atoms with Gasteiger partial charge < -0.3 is 24.7 Å². The van der Waals surface area contributed by atoms with Crippen molar-refractivity contribution in [1.29, 1.82) is 0 Å². The summed E-state index contributed by atoms with van der Waals surface area (Å²) in [7, 11) is 0. The maximum absolute atomic E-state index is 13.1. The van der Waals surface area contributed by atoms with Crippen LogP contribution in [0, 0.1) is 5.92 Å². The van der Waals surface area contributed by atoms with Crippen LogP contribution in [0.1, 0.15) is 55.9 Å². The SMILES string of the molecule is CC(C)CN(Cc1ccc2c(c1)C(O)CCCC2)C(=O)C1CN(C(=O)O)CCO1. The van der Waals surface area contributed by atoms with Crippen molar-refractivity contribution in [3.8, 4) is 0 Å². The van der Waals surface area contributed by atoms with Crippen LogP contribution >= 0.6 is 0 Å². The molecule has 1 aromatic carbocycles. The molecule has 0 saturated carbocycles. The molecule has 2 aliphatic rings. The molecular weight excluding hydrogens is 372 g/mol. The number of aryl methyl sites for hydroxylation is 1. The molecule has 1 fully saturated rings. The fourth-order valence-corrected chi connectivity index (χ4v) is 4.16. The van der Waals surface area contributed by atoms with E-state index in [1.54, 1.807) is 4.90 Å². The first-order chi connectivity index (χ1) is 13.8. The van der Waals surface area contributed by atoms with Gasteiger partial charge >= 0.3 is 6.09 Å². The third-order valence-corrected chi connectivity index (χ3v) is 5.63. The van der Waals surface area contributed by atoms with E-state index in [-0.39, 0.29) is 31.5 Å². The Balaban J connectivity index is 1.77. The zero-order valence-corrected chi connectivity index (χ0v) is 17.3. The largest absolute Gasteiger partial charge is 0.465 e. The Bertz CT molecular complexity index is 736. The molecule has 0 aromatic heterocycles. The maximum Gasteiger partial charge on any atom is 0.407 e. The standard InChI is InChI=1S/C22H32N2O5/c1-15(2)12-24(21(26)20-14-23(22(27)28)9-10-29-20)13-16-7-8-17-5-3-4-6-19(25)18(17)11-16/h7-8,11,15,19-20,25H,3-6,9-10,12-14H2,1-2H3,(H,27,28). The Hall–Kier alpha value is -2.12. The van der Waals surface area contributed by atoms with Crippen LogP contribution in [0.15, 0.2) is 18.2 Å². The summed E-state index contributed by atoms with van der Waals surface area (Å²) < 4.78 is 5.61. The molecular formula is C22H32N2O5. The van der Waals surface area contributed by atoms with Crippen LogP contribution in [0.3, 0.4) is 0 Å². The van der Waals surface area contributed by atoms with E-state index < -0.39 is 18.3 Å². The van der Waals surface area contributed by atoms with Crippen LogP contribution in [-0.4, -0.2) is 64.4 Å². The minimum atomic E-state index is -1.03.